The van der Waals surface area contributed by atoms with E-state index in [-0.39, 0.29) is 11.1 Å². The maximum atomic E-state index is 12.5. The van der Waals surface area contributed by atoms with Gasteiger partial charge in [0.1, 0.15) is 5.75 Å². The molecule has 2 N–H and O–H groups in total. The van der Waals surface area contributed by atoms with E-state index in [4.69, 9.17) is 15.2 Å². The van der Waals surface area contributed by atoms with Crippen LogP contribution in [0.25, 0.3) is 10.8 Å². The number of ether oxygens (including phenoxy) is 2. The Kier molecular flexibility index (Phi) is 6.53. The Morgan fingerprint density at radius 2 is 1.87 bits per heavy atom. The Hall–Kier alpha value is -2.60. The summed E-state index contributed by atoms with van der Waals surface area (Å²) < 4.78 is 11.3. The number of likely N-dealkylation sites (tertiary alicyclic amines) is 1. The highest BCUT2D eigenvalue weighted by Crippen LogP contribution is 2.30. The van der Waals surface area contributed by atoms with E-state index >= 15 is 0 Å². The summed E-state index contributed by atoms with van der Waals surface area (Å²) in [6.45, 7) is 4.50. The van der Waals surface area contributed by atoms with Crippen molar-refractivity contribution in [2.45, 2.75) is 38.5 Å². The lowest BCUT2D eigenvalue weighted by Crippen LogP contribution is -2.31. The number of rotatable bonds is 9. The number of nitrogens with two attached hydrogens (primary N) is 1. The molecule has 160 valence electrons. The van der Waals surface area contributed by atoms with Gasteiger partial charge in [0.15, 0.2) is 0 Å². The van der Waals surface area contributed by atoms with Crippen LogP contribution in [0.3, 0.4) is 0 Å². The highest BCUT2D eigenvalue weighted by Gasteiger charge is 2.25. The van der Waals surface area contributed by atoms with Gasteiger partial charge in [0, 0.05) is 6.54 Å². The minimum atomic E-state index is -0.630. The molecule has 30 heavy (non-hydrogen) atoms. The molecular weight excluding hydrogens is 380 g/mol. The fraction of sp³-hybridized carbons (Fsp3) is 0.500. The molecule has 6 heteroatoms. The second kappa shape index (κ2) is 9.47. The highest BCUT2D eigenvalue weighted by atomic mass is 16.5. The SMILES string of the molecule is NC(=O)c1c(C(=O)OCC2CC2)ccc2cc(OCCCN3CCCCC3)ccc12. The minimum Gasteiger partial charge on any atom is -0.494 e. The van der Waals surface area contributed by atoms with Gasteiger partial charge < -0.3 is 20.1 Å². The predicted octanol–water partition coefficient (Wildman–Crippen LogP) is 3.76. The Balaban J connectivity index is 1.42. The van der Waals surface area contributed by atoms with E-state index in [1.165, 1.54) is 32.4 Å². The van der Waals surface area contributed by atoms with Crippen molar-refractivity contribution in [3.05, 3.63) is 41.5 Å². The van der Waals surface area contributed by atoms with Crippen LogP contribution in [0.4, 0.5) is 0 Å². The molecule has 1 heterocycles. The number of primary amides is 1. The zero-order chi connectivity index (χ0) is 20.9. The van der Waals surface area contributed by atoms with Crippen LogP contribution in [0.5, 0.6) is 5.75 Å². The van der Waals surface area contributed by atoms with Gasteiger partial charge in [-0.25, -0.2) is 4.79 Å². The number of amides is 1. The van der Waals surface area contributed by atoms with Crippen LogP contribution in [0.15, 0.2) is 30.3 Å². The molecule has 4 rings (SSSR count). The van der Waals surface area contributed by atoms with Gasteiger partial charge in [0.25, 0.3) is 0 Å². The molecule has 1 saturated carbocycles. The molecule has 0 atom stereocenters. The van der Waals surface area contributed by atoms with Crippen molar-refractivity contribution in [2.24, 2.45) is 11.7 Å². The zero-order valence-corrected chi connectivity index (χ0v) is 17.4. The van der Waals surface area contributed by atoms with Gasteiger partial charge in [-0.15, -0.1) is 0 Å². The average Bonchev–Trinajstić information content (AvgIpc) is 3.59. The maximum Gasteiger partial charge on any atom is 0.338 e. The first-order valence-corrected chi connectivity index (χ1v) is 11.0. The highest BCUT2D eigenvalue weighted by molar-refractivity contribution is 6.14. The van der Waals surface area contributed by atoms with Crippen molar-refractivity contribution in [1.82, 2.24) is 4.90 Å². The van der Waals surface area contributed by atoms with Crippen LogP contribution in [0.2, 0.25) is 0 Å². The largest absolute Gasteiger partial charge is 0.494 e. The van der Waals surface area contributed by atoms with E-state index in [1.54, 1.807) is 12.1 Å². The molecule has 1 amide bonds. The van der Waals surface area contributed by atoms with Gasteiger partial charge in [-0.3, -0.25) is 4.79 Å². The molecule has 1 aliphatic carbocycles. The second-order valence-corrected chi connectivity index (χ2v) is 8.38. The van der Waals surface area contributed by atoms with Gasteiger partial charge in [-0.1, -0.05) is 12.5 Å². The van der Waals surface area contributed by atoms with Crippen LogP contribution < -0.4 is 10.5 Å². The summed E-state index contributed by atoms with van der Waals surface area (Å²) in [5.41, 5.74) is 6.05. The number of fused-ring (bicyclic) bond motifs is 1. The zero-order valence-electron chi connectivity index (χ0n) is 17.4. The number of hydrogen-bond donors (Lipinski definition) is 1. The third-order valence-electron chi connectivity index (χ3n) is 5.94. The van der Waals surface area contributed by atoms with Crippen molar-refractivity contribution >= 4 is 22.6 Å². The van der Waals surface area contributed by atoms with E-state index in [9.17, 15) is 9.59 Å². The van der Waals surface area contributed by atoms with Gasteiger partial charge >= 0.3 is 5.97 Å². The summed E-state index contributed by atoms with van der Waals surface area (Å²) in [6, 6.07) is 8.96. The molecule has 0 spiro atoms. The fourth-order valence-electron chi connectivity index (χ4n) is 4.05. The van der Waals surface area contributed by atoms with Crippen LogP contribution in [0, 0.1) is 5.92 Å². The molecule has 0 bridgehead atoms. The molecule has 2 aromatic rings. The molecule has 2 aromatic carbocycles. The lowest BCUT2D eigenvalue weighted by molar-refractivity contribution is 0.0483. The quantitative estimate of drug-likeness (QED) is 0.503. The number of nitrogens with zero attached hydrogens (tertiary/aromatic N) is 1. The summed E-state index contributed by atoms with van der Waals surface area (Å²) in [7, 11) is 0. The number of carbonyl (C=O) groups excluding carboxylic acids is 2. The molecule has 6 nitrogen and oxygen atoms in total. The van der Waals surface area contributed by atoms with Crippen molar-refractivity contribution in [2.75, 3.05) is 32.8 Å². The number of piperidine rings is 1. The monoisotopic (exact) mass is 410 g/mol. The predicted molar refractivity (Wildman–Crippen MR) is 116 cm³/mol. The first-order chi connectivity index (χ1) is 14.6. The summed E-state index contributed by atoms with van der Waals surface area (Å²) in [4.78, 5) is 27.1. The van der Waals surface area contributed by atoms with Crippen molar-refractivity contribution < 1.29 is 19.1 Å². The lowest BCUT2D eigenvalue weighted by Gasteiger charge is -2.26. The van der Waals surface area contributed by atoms with Crippen LogP contribution >= 0.6 is 0 Å². The molecule has 0 aromatic heterocycles. The Morgan fingerprint density at radius 1 is 1.07 bits per heavy atom. The van der Waals surface area contributed by atoms with Crippen molar-refractivity contribution in [1.29, 1.82) is 0 Å². The number of esters is 1. The van der Waals surface area contributed by atoms with Gasteiger partial charge in [-0.05, 0) is 86.1 Å². The molecule has 1 aliphatic heterocycles. The van der Waals surface area contributed by atoms with E-state index in [2.05, 4.69) is 4.90 Å². The molecular formula is C24H30N2O4. The Bertz CT molecular complexity index is 917. The Labute approximate surface area is 177 Å². The first kappa shape index (κ1) is 20.7. The van der Waals surface area contributed by atoms with E-state index in [0.29, 0.717) is 24.5 Å². The fourth-order valence-corrected chi connectivity index (χ4v) is 4.05. The number of benzene rings is 2. The van der Waals surface area contributed by atoms with E-state index in [1.807, 2.05) is 18.2 Å². The smallest absolute Gasteiger partial charge is 0.338 e. The second-order valence-electron chi connectivity index (χ2n) is 8.38. The number of hydrogen-bond acceptors (Lipinski definition) is 5. The van der Waals surface area contributed by atoms with Gasteiger partial charge in [0.05, 0.1) is 24.3 Å². The molecule has 2 fully saturated rings. The standard InChI is InChI=1S/C24H30N2O4/c25-23(27)22-20-10-8-19(29-14-4-13-26-11-2-1-3-12-26)15-18(20)7-9-21(22)24(28)30-16-17-5-6-17/h7-10,15,17H,1-6,11-14,16H2,(H2,25,27). The average molecular weight is 411 g/mol. The summed E-state index contributed by atoms with van der Waals surface area (Å²) in [5, 5.41) is 1.46. The van der Waals surface area contributed by atoms with Crippen LogP contribution in [-0.2, 0) is 4.74 Å². The molecule has 0 unspecified atom stereocenters. The summed E-state index contributed by atoms with van der Waals surface area (Å²) in [5.74, 6) is 0.0893. The normalized spacial score (nSPS) is 17.1. The first-order valence-electron chi connectivity index (χ1n) is 11.0. The van der Waals surface area contributed by atoms with E-state index in [0.717, 1.165) is 36.9 Å². The topological polar surface area (TPSA) is 81.9 Å². The van der Waals surface area contributed by atoms with Crippen molar-refractivity contribution in [3.8, 4) is 5.75 Å². The third kappa shape index (κ3) is 5.11. The van der Waals surface area contributed by atoms with Gasteiger partial charge in [-0.2, -0.15) is 0 Å². The molecule has 0 radical (unpaired) electrons. The minimum absolute atomic E-state index is 0.213. The van der Waals surface area contributed by atoms with Crippen LogP contribution in [0.1, 0.15) is 59.2 Å². The Morgan fingerprint density at radius 3 is 2.60 bits per heavy atom. The maximum absolute atomic E-state index is 12.5. The van der Waals surface area contributed by atoms with Gasteiger partial charge in [0.2, 0.25) is 5.91 Å². The number of carbonyl (C=O) groups is 2. The van der Waals surface area contributed by atoms with Crippen molar-refractivity contribution in [3.63, 3.8) is 0 Å². The third-order valence-corrected chi connectivity index (χ3v) is 5.94. The summed E-state index contributed by atoms with van der Waals surface area (Å²) >= 11 is 0. The van der Waals surface area contributed by atoms with Crippen LogP contribution in [-0.4, -0.2) is 49.6 Å². The lowest BCUT2D eigenvalue weighted by atomic mass is 9.98. The van der Waals surface area contributed by atoms with E-state index < -0.39 is 11.9 Å². The molecule has 1 saturated heterocycles. The molecule has 2 aliphatic rings. The summed E-state index contributed by atoms with van der Waals surface area (Å²) in [6.07, 6.45) is 7.10.